The maximum Gasteiger partial charge on any atom is 0.0739 e. The highest BCUT2D eigenvalue weighted by Gasteiger charge is 2.32. The highest BCUT2D eigenvalue weighted by Crippen LogP contribution is 2.25. The normalized spacial score (nSPS) is 23.2. The smallest absolute Gasteiger partial charge is 0.0739 e. The zero-order chi connectivity index (χ0) is 14.9. The first-order chi connectivity index (χ1) is 9.34. The lowest BCUT2D eigenvalue weighted by molar-refractivity contribution is 0.0802. The first kappa shape index (κ1) is 16.0. The minimum Gasteiger partial charge on any atom is -0.309 e. The molecule has 1 aliphatic heterocycles. The molecule has 1 fully saturated rings. The molecule has 114 valence electrons. The summed E-state index contributed by atoms with van der Waals surface area (Å²) in [7, 11) is 2.04. The van der Waals surface area contributed by atoms with E-state index in [0.717, 1.165) is 29.8 Å². The third-order valence-electron chi connectivity index (χ3n) is 4.17. The lowest BCUT2D eigenvalue weighted by atomic mass is 9.96. The van der Waals surface area contributed by atoms with Crippen LogP contribution in [0.5, 0.6) is 0 Å². The largest absolute Gasteiger partial charge is 0.309 e. The zero-order valence-electron chi connectivity index (χ0n) is 13.3. The molecule has 1 aromatic rings. The van der Waals surface area contributed by atoms with Crippen molar-refractivity contribution in [1.82, 2.24) is 20.0 Å². The number of piperazine rings is 1. The van der Waals surface area contributed by atoms with Gasteiger partial charge in [-0.3, -0.25) is 9.58 Å². The van der Waals surface area contributed by atoms with Gasteiger partial charge in [0, 0.05) is 38.3 Å². The number of nitrogens with zero attached hydrogens (tertiary/aromatic N) is 3. The van der Waals surface area contributed by atoms with Crippen molar-refractivity contribution in [3.05, 3.63) is 15.9 Å². The van der Waals surface area contributed by atoms with Gasteiger partial charge < -0.3 is 5.32 Å². The van der Waals surface area contributed by atoms with E-state index in [1.54, 1.807) is 0 Å². The molecule has 0 aliphatic carbocycles. The Bertz CT molecular complexity index is 467. The predicted octanol–water partition coefficient (Wildman–Crippen LogP) is 2.84. The molecular weight excluding hydrogens is 316 g/mol. The summed E-state index contributed by atoms with van der Waals surface area (Å²) in [5, 5.41) is 8.18. The molecule has 2 heterocycles. The van der Waals surface area contributed by atoms with Crippen LogP contribution in [0.15, 0.2) is 4.47 Å². The number of rotatable bonds is 4. The lowest BCUT2D eigenvalue weighted by Crippen LogP contribution is -2.61. The molecule has 5 heteroatoms. The van der Waals surface area contributed by atoms with Crippen molar-refractivity contribution >= 4 is 15.9 Å². The second-order valence-corrected chi connectivity index (χ2v) is 7.37. The van der Waals surface area contributed by atoms with Crippen molar-refractivity contribution in [3.63, 3.8) is 0 Å². The summed E-state index contributed by atoms with van der Waals surface area (Å²) in [6.07, 6.45) is 2.48. The maximum absolute atomic E-state index is 4.51. The van der Waals surface area contributed by atoms with E-state index in [9.17, 15) is 0 Å². The number of nitrogens with one attached hydrogen (secondary N) is 1. The molecule has 0 radical (unpaired) electrons. The van der Waals surface area contributed by atoms with Crippen LogP contribution in [0.3, 0.4) is 0 Å². The van der Waals surface area contributed by atoms with Gasteiger partial charge in [0.05, 0.1) is 15.9 Å². The summed E-state index contributed by atoms with van der Waals surface area (Å²) in [6.45, 7) is 12.0. The Morgan fingerprint density at radius 2 is 2.15 bits per heavy atom. The van der Waals surface area contributed by atoms with Crippen LogP contribution < -0.4 is 5.32 Å². The minimum absolute atomic E-state index is 0.185. The molecule has 1 aliphatic rings. The van der Waals surface area contributed by atoms with Crippen LogP contribution in [0.2, 0.25) is 0 Å². The molecule has 0 spiro atoms. The molecule has 0 saturated carbocycles. The molecule has 20 heavy (non-hydrogen) atoms. The number of aromatic nitrogens is 2. The fourth-order valence-corrected chi connectivity index (χ4v) is 3.52. The molecule has 0 amide bonds. The van der Waals surface area contributed by atoms with Gasteiger partial charge in [-0.25, -0.2) is 0 Å². The Kier molecular flexibility index (Phi) is 4.92. The highest BCUT2D eigenvalue weighted by atomic mass is 79.9. The molecule has 1 atom stereocenters. The summed E-state index contributed by atoms with van der Waals surface area (Å²) >= 11 is 3.69. The Morgan fingerprint density at radius 1 is 1.45 bits per heavy atom. The van der Waals surface area contributed by atoms with E-state index < -0.39 is 0 Å². The zero-order valence-corrected chi connectivity index (χ0v) is 14.9. The molecule has 1 N–H and O–H groups in total. The SMILES string of the molecule is CCCC1CNC(C)(C)CN1Cc1c(Br)c(C)nn1C. The third kappa shape index (κ3) is 3.43. The molecule has 4 nitrogen and oxygen atoms in total. The summed E-state index contributed by atoms with van der Waals surface area (Å²) < 4.78 is 3.17. The number of aryl methyl sites for hydroxylation is 2. The van der Waals surface area contributed by atoms with Gasteiger partial charge in [-0.1, -0.05) is 13.3 Å². The Hall–Kier alpha value is -0.390. The van der Waals surface area contributed by atoms with Crippen LogP contribution in [-0.2, 0) is 13.6 Å². The minimum atomic E-state index is 0.185. The van der Waals surface area contributed by atoms with E-state index in [2.05, 4.69) is 58.9 Å². The van der Waals surface area contributed by atoms with Crippen LogP contribution >= 0.6 is 15.9 Å². The second kappa shape index (κ2) is 6.16. The van der Waals surface area contributed by atoms with Crippen LogP contribution in [0.4, 0.5) is 0 Å². The first-order valence-electron chi connectivity index (χ1n) is 7.51. The average Bonchev–Trinajstić information content (AvgIpc) is 2.59. The first-order valence-corrected chi connectivity index (χ1v) is 8.30. The molecule has 1 saturated heterocycles. The third-order valence-corrected chi connectivity index (χ3v) is 5.20. The van der Waals surface area contributed by atoms with Gasteiger partial charge in [-0.2, -0.15) is 5.10 Å². The van der Waals surface area contributed by atoms with Gasteiger partial charge in [0.25, 0.3) is 0 Å². The molecule has 0 aromatic carbocycles. The summed E-state index contributed by atoms with van der Waals surface area (Å²) in [5.74, 6) is 0. The maximum atomic E-state index is 4.51. The van der Waals surface area contributed by atoms with Gasteiger partial charge in [-0.05, 0) is 43.1 Å². The van der Waals surface area contributed by atoms with E-state index in [-0.39, 0.29) is 5.54 Å². The van der Waals surface area contributed by atoms with E-state index >= 15 is 0 Å². The molecule has 1 aromatic heterocycles. The van der Waals surface area contributed by atoms with Crippen LogP contribution in [0.1, 0.15) is 45.0 Å². The standard InChI is InChI=1S/C15H27BrN4/c1-6-7-12-8-17-15(3,4)10-20(12)9-13-14(16)11(2)18-19(13)5/h12,17H,6-10H2,1-5H3. The van der Waals surface area contributed by atoms with Gasteiger partial charge in [-0.15, -0.1) is 0 Å². The summed E-state index contributed by atoms with van der Waals surface area (Å²) in [5.41, 5.74) is 2.54. The van der Waals surface area contributed by atoms with Gasteiger partial charge in [0.15, 0.2) is 0 Å². The Labute approximate surface area is 131 Å². The van der Waals surface area contributed by atoms with Crippen molar-refractivity contribution in [3.8, 4) is 0 Å². The van der Waals surface area contributed by atoms with Crippen molar-refractivity contribution in [2.45, 2.75) is 58.7 Å². The lowest BCUT2D eigenvalue weighted by Gasteiger charge is -2.44. The Morgan fingerprint density at radius 3 is 2.70 bits per heavy atom. The van der Waals surface area contributed by atoms with E-state index in [1.165, 1.54) is 18.5 Å². The fourth-order valence-electron chi connectivity index (χ4n) is 3.06. The molecule has 2 rings (SSSR count). The summed E-state index contributed by atoms with van der Waals surface area (Å²) in [6, 6.07) is 0.620. The number of halogens is 1. The van der Waals surface area contributed by atoms with Gasteiger partial charge >= 0.3 is 0 Å². The topological polar surface area (TPSA) is 33.1 Å². The van der Waals surface area contributed by atoms with Crippen molar-refractivity contribution in [1.29, 1.82) is 0 Å². The Balaban J connectivity index is 2.18. The van der Waals surface area contributed by atoms with Crippen LogP contribution in [0, 0.1) is 6.92 Å². The molecule has 1 unspecified atom stereocenters. The van der Waals surface area contributed by atoms with E-state index in [0.29, 0.717) is 6.04 Å². The average molecular weight is 343 g/mol. The number of hydrogen-bond donors (Lipinski definition) is 1. The predicted molar refractivity (Wildman–Crippen MR) is 86.8 cm³/mol. The number of hydrogen-bond acceptors (Lipinski definition) is 3. The summed E-state index contributed by atoms with van der Waals surface area (Å²) in [4.78, 5) is 2.61. The van der Waals surface area contributed by atoms with Crippen molar-refractivity contribution in [2.24, 2.45) is 7.05 Å². The quantitative estimate of drug-likeness (QED) is 0.913. The molecule has 0 bridgehead atoms. The van der Waals surface area contributed by atoms with Gasteiger partial charge in [0.2, 0.25) is 0 Å². The monoisotopic (exact) mass is 342 g/mol. The fraction of sp³-hybridized carbons (Fsp3) is 0.800. The highest BCUT2D eigenvalue weighted by molar-refractivity contribution is 9.10. The van der Waals surface area contributed by atoms with Crippen molar-refractivity contribution < 1.29 is 0 Å². The van der Waals surface area contributed by atoms with Crippen LogP contribution in [0.25, 0.3) is 0 Å². The van der Waals surface area contributed by atoms with E-state index in [4.69, 9.17) is 0 Å². The molecular formula is C15H27BrN4. The van der Waals surface area contributed by atoms with Gasteiger partial charge in [0.1, 0.15) is 0 Å². The van der Waals surface area contributed by atoms with E-state index in [1.807, 2.05) is 11.7 Å². The van der Waals surface area contributed by atoms with Crippen molar-refractivity contribution in [2.75, 3.05) is 13.1 Å². The second-order valence-electron chi connectivity index (χ2n) is 6.58. The van der Waals surface area contributed by atoms with Crippen LogP contribution in [-0.4, -0.2) is 39.4 Å².